The highest BCUT2D eigenvalue weighted by Gasteiger charge is 2.16. The van der Waals surface area contributed by atoms with Gasteiger partial charge in [0.25, 0.3) is 5.91 Å². The number of benzene rings is 2. The van der Waals surface area contributed by atoms with Gasteiger partial charge in [-0.05, 0) is 49.7 Å². The summed E-state index contributed by atoms with van der Waals surface area (Å²) in [6, 6.07) is 12.4. The van der Waals surface area contributed by atoms with E-state index < -0.39 is 6.10 Å². The summed E-state index contributed by atoms with van der Waals surface area (Å²) in [6.45, 7) is 3.58. The van der Waals surface area contributed by atoms with Crippen molar-refractivity contribution in [2.24, 2.45) is 0 Å². The highest BCUT2D eigenvalue weighted by Crippen LogP contribution is 2.22. The maximum atomic E-state index is 12.2. The van der Waals surface area contributed by atoms with E-state index in [0.717, 1.165) is 11.3 Å². The molecule has 4 nitrogen and oxygen atoms in total. The van der Waals surface area contributed by atoms with Gasteiger partial charge in [0.1, 0.15) is 11.5 Å². The largest absolute Gasteiger partial charge is 0.497 e. The number of amides is 1. The van der Waals surface area contributed by atoms with E-state index in [4.69, 9.17) is 21.1 Å². The molecule has 0 fully saturated rings. The van der Waals surface area contributed by atoms with Crippen molar-refractivity contribution < 1.29 is 14.3 Å². The molecule has 0 aliphatic rings. The second-order valence-electron chi connectivity index (χ2n) is 4.89. The number of methoxy groups -OCH3 is 1. The summed E-state index contributed by atoms with van der Waals surface area (Å²) < 4.78 is 10.8. The summed E-state index contributed by atoms with van der Waals surface area (Å²) in [7, 11) is 1.58. The summed E-state index contributed by atoms with van der Waals surface area (Å²) in [5.41, 5.74) is 1.62. The third kappa shape index (κ3) is 4.15. The Morgan fingerprint density at radius 2 is 1.91 bits per heavy atom. The van der Waals surface area contributed by atoms with Gasteiger partial charge in [-0.25, -0.2) is 0 Å². The first kappa shape index (κ1) is 16.2. The van der Waals surface area contributed by atoms with E-state index in [9.17, 15) is 4.79 Å². The van der Waals surface area contributed by atoms with Gasteiger partial charge in [0.2, 0.25) is 0 Å². The third-order valence-corrected chi connectivity index (χ3v) is 3.40. The highest BCUT2D eigenvalue weighted by atomic mass is 35.5. The van der Waals surface area contributed by atoms with Crippen LogP contribution in [0, 0.1) is 6.92 Å². The molecule has 1 amide bonds. The van der Waals surface area contributed by atoms with Crippen LogP contribution >= 0.6 is 11.6 Å². The lowest BCUT2D eigenvalue weighted by Gasteiger charge is -2.16. The SMILES string of the molecule is COc1cccc(O[C@@H](C)C(=O)Nc2ccc(Cl)cc2C)c1. The van der Waals surface area contributed by atoms with Crippen molar-refractivity contribution in [2.75, 3.05) is 12.4 Å². The lowest BCUT2D eigenvalue weighted by Crippen LogP contribution is -2.30. The topological polar surface area (TPSA) is 47.6 Å². The maximum Gasteiger partial charge on any atom is 0.265 e. The molecule has 0 aromatic heterocycles. The minimum Gasteiger partial charge on any atom is -0.497 e. The average molecular weight is 320 g/mol. The lowest BCUT2D eigenvalue weighted by atomic mass is 10.2. The summed E-state index contributed by atoms with van der Waals surface area (Å²) in [5.74, 6) is 1.03. The average Bonchev–Trinajstić information content (AvgIpc) is 2.50. The van der Waals surface area contributed by atoms with Gasteiger partial charge < -0.3 is 14.8 Å². The molecular weight excluding hydrogens is 302 g/mol. The fraction of sp³-hybridized carbons (Fsp3) is 0.235. The standard InChI is InChI=1S/C17H18ClNO3/c1-11-9-13(18)7-8-16(11)19-17(20)12(2)22-15-6-4-5-14(10-15)21-3/h4-10,12H,1-3H3,(H,19,20)/t12-/m0/s1. The quantitative estimate of drug-likeness (QED) is 0.904. The summed E-state index contributed by atoms with van der Waals surface area (Å²) in [6.07, 6.45) is -0.637. The summed E-state index contributed by atoms with van der Waals surface area (Å²) in [4.78, 5) is 12.2. The Kier molecular flexibility index (Phi) is 5.28. The number of ether oxygens (including phenoxy) is 2. The Balaban J connectivity index is 2.02. The molecule has 0 unspecified atom stereocenters. The van der Waals surface area contributed by atoms with Gasteiger partial charge in [0.15, 0.2) is 6.10 Å². The van der Waals surface area contributed by atoms with Crippen LogP contribution < -0.4 is 14.8 Å². The van der Waals surface area contributed by atoms with Gasteiger partial charge in [0, 0.05) is 16.8 Å². The van der Waals surface area contributed by atoms with Gasteiger partial charge in [-0.2, -0.15) is 0 Å². The van der Waals surface area contributed by atoms with E-state index in [1.165, 1.54) is 0 Å². The van der Waals surface area contributed by atoms with Crippen LogP contribution in [-0.4, -0.2) is 19.1 Å². The van der Waals surface area contributed by atoms with Crippen LogP contribution in [0.25, 0.3) is 0 Å². The summed E-state index contributed by atoms with van der Waals surface area (Å²) >= 11 is 5.90. The Labute approximate surface area is 135 Å². The minimum atomic E-state index is -0.637. The fourth-order valence-electron chi connectivity index (χ4n) is 1.93. The number of aryl methyl sites for hydroxylation is 1. The number of hydrogen-bond acceptors (Lipinski definition) is 3. The number of hydrogen-bond donors (Lipinski definition) is 1. The van der Waals surface area contributed by atoms with Crippen molar-refractivity contribution in [3.63, 3.8) is 0 Å². The number of carbonyl (C=O) groups is 1. The van der Waals surface area contributed by atoms with E-state index in [1.54, 1.807) is 44.4 Å². The van der Waals surface area contributed by atoms with Crippen molar-refractivity contribution in [3.8, 4) is 11.5 Å². The van der Waals surface area contributed by atoms with E-state index in [-0.39, 0.29) is 5.91 Å². The van der Waals surface area contributed by atoms with Gasteiger partial charge in [-0.1, -0.05) is 17.7 Å². The molecular formula is C17H18ClNO3. The normalized spacial score (nSPS) is 11.6. The number of anilines is 1. The van der Waals surface area contributed by atoms with Crippen LogP contribution in [0.3, 0.4) is 0 Å². The van der Waals surface area contributed by atoms with E-state index in [0.29, 0.717) is 16.5 Å². The molecule has 0 saturated carbocycles. The van der Waals surface area contributed by atoms with Crippen LogP contribution in [0.4, 0.5) is 5.69 Å². The second-order valence-corrected chi connectivity index (χ2v) is 5.32. The van der Waals surface area contributed by atoms with E-state index in [1.807, 2.05) is 19.1 Å². The molecule has 2 aromatic carbocycles. The molecule has 0 bridgehead atoms. The molecule has 1 N–H and O–H groups in total. The predicted octanol–water partition coefficient (Wildman–Crippen LogP) is 4.06. The molecule has 0 aliphatic heterocycles. The van der Waals surface area contributed by atoms with Crippen molar-refractivity contribution >= 4 is 23.2 Å². The fourth-order valence-corrected chi connectivity index (χ4v) is 2.16. The summed E-state index contributed by atoms with van der Waals surface area (Å²) in [5, 5.41) is 3.47. The molecule has 2 aromatic rings. The molecule has 5 heteroatoms. The molecule has 0 saturated heterocycles. The zero-order valence-corrected chi connectivity index (χ0v) is 13.5. The van der Waals surface area contributed by atoms with Crippen LogP contribution in [0.5, 0.6) is 11.5 Å². The molecule has 0 heterocycles. The molecule has 0 aliphatic carbocycles. The number of carbonyl (C=O) groups excluding carboxylic acids is 1. The van der Waals surface area contributed by atoms with Crippen LogP contribution in [-0.2, 0) is 4.79 Å². The van der Waals surface area contributed by atoms with Gasteiger partial charge >= 0.3 is 0 Å². The third-order valence-electron chi connectivity index (χ3n) is 3.17. The van der Waals surface area contributed by atoms with Crippen LogP contribution in [0.15, 0.2) is 42.5 Å². The van der Waals surface area contributed by atoms with Crippen molar-refractivity contribution in [1.29, 1.82) is 0 Å². The molecule has 2 rings (SSSR count). The Morgan fingerprint density at radius 3 is 2.59 bits per heavy atom. The molecule has 0 spiro atoms. The maximum absolute atomic E-state index is 12.2. The Hall–Kier alpha value is -2.20. The van der Waals surface area contributed by atoms with Crippen LogP contribution in [0.1, 0.15) is 12.5 Å². The predicted molar refractivity (Wildman–Crippen MR) is 87.9 cm³/mol. The second kappa shape index (κ2) is 7.18. The number of halogens is 1. The smallest absolute Gasteiger partial charge is 0.265 e. The Bertz CT molecular complexity index is 673. The zero-order chi connectivity index (χ0) is 16.1. The number of rotatable bonds is 5. The van der Waals surface area contributed by atoms with Gasteiger partial charge in [-0.15, -0.1) is 0 Å². The number of nitrogens with one attached hydrogen (secondary N) is 1. The lowest BCUT2D eigenvalue weighted by molar-refractivity contribution is -0.122. The van der Waals surface area contributed by atoms with E-state index in [2.05, 4.69) is 5.32 Å². The minimum absolute atomic E-state index is 0.228. The first-order valence-electron chi connectivity index (χ1n) is 6.87. The van der Waals surface area contributed by atoms with Crippen molar-refractivity contribution in [3.05, 3.63) is 53.1 Å². The van der Waals surface area contributed by atoms with Gasteiger partial charge in [-0.3, -0.25) is 4.79 Å². The van der Waals surface area contributed by atoms with Crippen molar-refractivity contribution in [2.45, 2.75) is 20.0 Å². The Morgan fingerprint density at radius 1 is 1.18 bits per heavy atom. The van der Waals surface area contributed by atoms with Crippen LogP contribution in [0.2, 0.25) is 5.02 Å². The molecule has 0 radical (unpaired) electrons. The van der Waals surface area contributed by atoms with Gasteiger partial charge in [0.05, 0.1) is 7.11 Å². The zero-order valence-electron chi connectivity index (χ0n) is 12.7. The first-order valence-corrected chi connectivity index (χ1v) is 7.25. The van der Waals surface area contributed by atoms with Crippen molar-refractivity contribution in [1.82, 2.24) is 0 Å². The van der Waals surface area contributed by atoms with E-state index >= 15 is 0 Å². The molecule has 1 atom stereocenters. The molecule has 116 valence electrons. The highest BCUT2D eigenvalue weighted by molar-refractivity contribution is 6.30. The molecule has 22 heavy (non-hydrogen) atoms. The first-order chi connectivity index (χ1) is 10.5. The monoisotopic (exact) mass is 319 g/mol.